The van der Waals surface area contributed by atoms with Gasteiger partial charge in [0.1, 0.15) is 5.82 Å². The Morgan fingerprint density at radius 1 is 1.29 bits per heavy atom. The normalized spacial score (nSPS) is 17.2. The van der Waals surface area contributed by atoms with Gasteiger partial charge in [0.15, 0.2) is 9.84 Å². The van der Waals surface area contributed by atoms with Crippen LogP contribution in [-0.2, 0) is 9.84 Å². The Bertz CT molecular complexity index is 510. The smallest absolute Gasteiger partial charge is 0.175 e. The van der Waals surface area contributed by atoms with E-state index in [1.165, 1.54) is 12.1 Å². The molecule has 0 atom stereocenters. The minimum atomic E-state index is -3.34. The van der Waals surface area contributed by atoms with E-state index < -0.39 is 15.7 Å². The molecule has 1 aliphatic rings. The zero-order valence-electron chi connectivity index (χ0n) is 9.61. The first-order valence-electron chi connectivity index (χ1n) is 5.44. The van der Waals surface area contributed by atoms with Crippen LogP contribution in [0.1, 0.15) is 0 Å². The molecule has 1 heterocycles. The van der Waals surface area contributed by atoms with Gasteiger partial charge in [-0.2, -0.15) is 0 Å². The Kier molecular flexibility index (Phi) is 3.35. The van der Waals surface area contributed by atoms with Crippen molar-refractivity contribution in [1.29, 1.82) is 0 Å². The molecule has 0 saturated carbocycles. The number of hydrogen-bond acceptors (Lipinski definition) is 4. The molecule has 1 aromatic carbocycles. The Morgan fingerprint density at radius 3 is 2.47 bits per heavy atom. The molecule has 0 radical (unpaired) electrons. The lowest BCUT2D eigenvalue weighted by Gasteiger charge is -2.29. The summed E-state index contributed by atoms with van der Waals surface area (Å²) in [4.78, 5) is 1.94. The molecule has 94 valence electrons. The van der Waals surface area contributed by atoms with Gasteiger partial charge < -0.3 is 10.2 Å². The summed E-state index contributed by atoms with van der Waals surface area (Å²) in [6.45, 7) is 3.09. The molecular weight excluding hydrogens is 243 g/mol. The summed E-state index contributed by atoms with van der Waals surface area (Å²) in [5.74, 6) is -0.477. The fourth-order valence-corrected chi connectivity index (χ4v) is 2.51. The largest absolute Gasteiger partial charge is 0.367 e. The molecule has 0 bridgehead atoms. The van der Waals surface area contributed by atoms with E-state index in [2.05, 4.69) is 5.32 Å². The fraction of sp³-hybridized carbons (Fsp3) is 0.455. The summed E-state index contributed by atoms with van der Waals surface area (Å²) in [5.41, 5.74) is 0.471. The van der Waals surface area contributed by atoms with Crippen molar-refractivity contribution in [3.8, 4) is 0 Å². The predicted octanol–water partition coefficient (Wildman–Crippen LogP) is 0.639. The highest BCUT2D eigenvalue weighted by atomic mass is 32.2. The Balaban J connectivity index is 2.31. The van der Waals surface area contributed by atoms with E-state index >= 15 is 0 Å². The van der Waals surface area contributed by atoms with Crippen molar-refractivity contribution in [1.82, 2.24) is 5.32 Å². The van der Waals surface area contributed by atoms with Crippen LogP contribution in [0.2, 0.25) is 0 Å². The average molecular weight is 258 g/mol. The molecule has 0 spiro atoms. The molecule has 6 heteroatoms. The molecule has 2 rings (SSSR count). The predicted molar refractivity (Wildman–Crippen MR) is 64.6 cm³/mol. The summed E-state index contributed by atoms with van der Waals surface area (Å²) >= 11 is 0. The van der Waals surface area contributed by atoms with Crippen molar-refractivity contribution >= 4 is 15.5 Å². The highest BCUT2D eigenvalue weighted by Crippen LogP contribution is 2.22. The second kappa shape index (κ2) is 4.62. The third-order valence-corrected chi connectivity index (χ3v) is 3.92. The number of rotatable bonds is 2. The van der Waals surface area contributed by atoms with E-state index in [1.807, 2.05) is 4.90 Å². The van der Waals surface area contributed by atoms with Crippen LogP contribution in [0.25, 0.3) is 0 Å². The maximum atomic E-state index is 13.8. The molecule has 0 aliphatic carbocycles. The van der Waals surface area contributed by atoms with E-state index in [4.69, 9.17) is 0 Å². The number of nitrogens with one attached hydrogen (secondary N) is 1. The first-order valence-corrected chi connectivity index (χ1v) is 7.33. The van der Waals surface area contributed by atoms with E-state index in [9.17, 15) is 12.8 Å². The SMILES string of the molecule is CS(=O)(=O)c1ccc(N2CCNCC2)c(F)c1. The summed E-state index contributed by atoms with van der Waals surface area (Å²) in [6, 6.07) is 4.08. The highest BCUT2D eigenvalue weighted by molar-refractivity contribution is 7.90. The third-order valence-electron chi connectivity index (χ3n) is 2.80. The summed E-state index contributed by atoms with van der Waals surface area (Å²) < 4.78 is 36.4. The van der Waals surface area contributed by atoms with Gasteiger partial charge in [0, 0.05) is 32.4 Å². The standard InChI is InChI=1S/C11H15FN2O2S/c1-17(15,16)9-2-3-11(10(12)8-9)14-6-4-13-5-7-14/h2-3,8,13H,4-7H2,1H3. The van der Waals surface area contributed by atoms with Gasteiger partial charge in [-0.15, -0.1) is 0 Å². The average Bonchev–Trinajstić information content (AvgIpc) is 2.29. The number of hydrogen-bond donors (Lipinski definition) is 1. The number of sulfone groups is 1. The highest BCUT2D eigenvalue weighted by Gasteiger charge is 2.16. The zero-order valence-corrected chi connectivity index (χ0v) is 10.4. The Hall–Kier alpha value is -1.14. The number of nitrogens with zero attached hydrogens (tertiary/aromatic N) is 1. The lowest BCUT2D eigenvalue weighted by molar-refractivity contribution is 0.563. The molecule has 0 amide bonds. The van der Waals surface area contributed by atoms with Gasteiger partial charge in [-0.05, 0) is 18.2 Å². The van der Waals surface area contributed by atoms with E-state index in [0.29, 0.717) is 5.69 Å². The van der Waals surface area contributed by atoms with Gasteiger partial charge in [0.05, 0.1) is 10.6 Å². The minimum Gasteiger partial charge on any atom is -0.367 e. The van der Waals surface area contributed by atoms with Gasteiger partial charge in [0.2, 0.25) is 0 Å². The van der Waals surface area contributed by atoms with Crippen LogP contribution in [0.3, 0.4) is 0 Å². The van der Waals surface area contributed by atoms with Crippen LogP contribution in [0, 0.1) is 5.82 Å². The Morgan fingerprint density at radius 2 is 1.94 bits per heavy atom. The van der Waals surface area contributed by atoms with E-state index in [1.54, 1.807) is 0 Å². The molecule has 4 nitrogen and oxygen atoms in total. The maximum Gasteiger partial charge on any atom is 0.175 e. The molecular formula is C11H15FN2O2S. The molecule has 17 heavy (non-hydrogen) atoms. The van der Waals surface area contributed by atoms with Crippen LogP contribution < -0.4 is 10.2 Å². The van der Waals surface area contributed by atoms with Crippen molar-refractivity contribution in [2.24, 2.45) is 0 Å². The zero-order chi connectivity index (χ0) is 12.5. The topological polar surface area (TPSA) is 49.4 Å². The lowest BCUT2D eigenvalue weighted by Crippen LogP contribution is -2.43. The molecule has 1 saturated heterocycles. The quantitative estimate of drug-likeness (QED) is 0.845. The number of halogens is 1. The second-order valence-electron chi connectivity index (χ2n) is 4.12. The van der Waals surface area contributed by atoms with Gasteiger partial charge in [0.25, 0.3) is 0 Å². The second-order valence-corrected chi connectivity index (χ2v) is 6.14. The minimum absolute atomic E-state index is 0.0221. The summed E-state index contributed by atoms with van der Waals surface area (Å²) in [5, 5.41) is 3.18. The van der Waals surface area contributed by atoms with Crippen molar-refractivity contribution in [2.45, 2.75) is 4.90 Å². The van der Waals surface area contributed by atoms with Crippen molar-refractivity contribution in [3.05, 3.63) is 24.0 Å². The maximum absolute atomic E-state index is 13.8. The lowest BCUT2D eigenvalue weighted by atomic mass is 10.2. The van der Waals surface area contributed by atoms with Crippen LogP contribution in [0.4, 0.5) is 10.1 Å². The van der Waals surface area contributed by atoms with Crippen molar-refractivity contribution in [3.63, 3.8) is 0 Å². The van der Waals surface area contributed by atoms with Crippen molar-refractivity contribution < 1.29 is 12.8 Å². The molecule has 1 aliphatic heterocycles. The van der Waals surface area contributed by atoms with Gasteiger partial charge in [-0.1, -0.05) is 0 Å². The monoisotopic (exact) mass is 258 g/mol. The molecule has 1 fully saturated rings. The number of piperazine rings is 1. The fourth-order valence-electron chi connectivity index (χ4n) is 1.88. The first-order chi connectivity index (χ1) is 7.98. The van der Waals surface area contributed by atoms with Crippen LogP contribution in [-0.4, -0.2) is 40.9 Å². The van der Waals surface area contributed by atoms with E-state index in [0.717, 1.165) is 38.5 Å². The molecule has 1 N–H and O–H groups in total. The van der Waals surface area contributed by atoms with Gasteiger partial charge >= 0.3 is 0 Å². The third kappa shape index (κ3) is 2.76. The van der Waals surface area contributed by atoms with Crippen LogP contribution >= 0.6 is 0 Å². The van der Waals surface area contributed by atoms with E-state index in [-0.39, 0.29) is 4.90 Å². The molecule has 0 aromatic heterocycles. The number of anilines is 1. The van der Waals surface area contributed by atoms with Crippen LogP contribution in [0.5, 0.6) is 0 Å². The van der Waals surface area contributed by atoms with Crippen LogP contribution in [0.15, 0.2) is 23.1 Å². The molecule has 1 aromatic rings. The summed E-state index contributed by atoms with van der Waals surface area (Å²) in [6.07, 6.45) is 1.08. The Labute approximate surface area is 100 Å². The first kappa shape index (κ1) is 12.3. The molecule has 0 unspecified atom stereocenters. The van der Waals surface area contributed by atoms with Gasteiger partial charge in [-0.3, -0.25) is 0 Å². The summed E-state index contributed by atoms with van der Waals surface area (Å²) in [7, 11) is -3.34. The van der Waals surface area contributed by atoms with Crippen molar-refractivity contribution in [2.75, 3.05) is 37.3 Å². The van der Waals surface area contributed by atoms with Gasteiger partial charge in [-0.25, -0.2) is 12.8 Å². The number of benzene rings is 1.